The van der Waals surface area contributed by atoms with E-state index in [-0.39, 0.29) is 11.3 Å². The Morgan fingerprint density at radius 3 is 2.44 bits per heavy atom. The molecule has 0 N–H and O–H groups in total. The topological polar surface area (TPSA) is 27.1 Å². The third kappa shape index (κ3) is 4.73. The van der Waals surface area contributed by atoms with E-state index in [1.54, 1.807) is 0 Å². The quantitative estimate of drug-likeness (QED) is 0.596. The molecule has 0 radical (unpaired) electrons. The molecule has 1 heterocycles. The fourth-order valence-electron chi connectivity index (χ4n) is 1.19. The Bertz CT molecular complexity index is 401. The Labute approximate surface area is 113 Å². The van der Waals surface area contributed by atoms with Crippen LogP contribution < -0.4 is 0 Å². The summed E-state index contributed by atoms with van der Waals surface area (Å²) in [5, 5.41) is 0. The smallest absolute Gasteiger partial charge is 0.361 e. The Hall–Kier alpha value is -0.343. The molecule has 0 amide bonds. The maximum Gasteiger partial charge on any atom is 0.436 e. The molecular formula is C10H16BrF3N2OSi. The molecule has 0 atom stereocenters. The summed E-state index contributed by atoms with van der Waals surface area (Å²) < 4.78 is 44.0. The zero-order valence-corrected chi connectivity index (χ0v) is 13.1. The van der Waals surface area contributed by atoms with Crippen LogP contribution in [-0.2, 0) is 17.6 Å². The molecule has 1 aromatic rings. The van der Waals surface area contributed by atoms with Crippen molar-refractivity contribution >= 4 is 24.0 Å². The van der Waals surface area contributed by atoms with Gasteiger partial charge in [0.2, 0.25) is 0 Å². The van der Waals surface area contributed by atoms with E-state index in [1.165, 1.54) is 4.57 Å². The van der Waals surface area contributed by atoms with E-state index in [0.29, 0.717) is 6.61 Å². The van der Waals surface area contributed by atoms with Gasteiger partial charge in [0.25, 0.3) is 0 Å². The molecule has 3 nitrogen and oxygen atoms in total. The highest BCUT2D eigenvalue weighted by Gasteiger charge is 2.36. The van der Waals surface area contributed by atoms with E-state index in [0.717, 1.165) is 12.4 Å². The van der Waals surface area contributed by atoms with Crippen molar-refractivity contribution in [3.63, 3.8) is 0 Å². The van der Waals surface area contributed by atoms with Crippen LogP contribution in [-0.4, -0.2) is 24.2 Å². The molecular weight excluding hydrogens is 329 g/mol. The first-order valence-electron chi connectivity index (χ1n) is 5.47. The SMILES string of the molecule is C[Si](C)(C)CCOCn1cnc(C(F)(F)F)c1Br. The van der Waals surface area contributed by atoms with Gasteiger partial charge >= 0.3 is 6.18 Å². The normalized spacial score (nSPS) is 13.1. The minimum absolute atomic E-state index is 0.0775. The van der Waals surface area contributed by atoms with Crippen LogP contribution in [0.15, 0.2) is 10.9 Å². The maximum atomic E-state index is 12.5. The molecule has 8 heteroatoms. The highest BCUT2D eigenvalue weighted by atomic mass is 79.9. The lowest BCUT2D eigenvalue weighted by Gasteiger charge is -2.15. The van der Waals surface area contributed by atoms with Crippen LogP contribution in [0.1, 0.15) is 5.69 Å². The molecule has 104 valence electrons. The molecule has 0 bridgehead atoms. The number of aromatic nitrogens is 2. The molecule has 0 fully saturated rings. The summed E-state index contributed by atoms with van der Waals surface area (Å²) >= 11 is 2.89. The predicted octanol–water partition coefficient (Wildman–Crippen LogP) is 3.98. The molecule has 0 saturated carbocycles. The van der Waals surface area contributed by atoms with E-state index < -0.39 is 19.9 Å². The first kappa shape index (κ1) is 15.7. The van der Waals surface area contributed by atoms with Gasteiger partial charge in [-0.3, -0.25) is 0 Å². The van der Waals surface area contributed by atoms with E-state index in [2.05, 4.69) is 40.6 Å². The van der Waals surface area contributed by atoms with Gasteiger partial charge in [0, 0.05) is 14.7 Å². The van der Waals surface area contributed by atoms with Gasteiger partial charge in [-0.05, 0) is 22.0 Å². The molecule has 1 rings (SSSR count). The van der Waals surface area contributed by atoms with Crippen molar-refractivity contribution in [2.75, 3.05) is 6.61 Å². The summed E-state index contributed by atoms with van der Waals surface area (Å²) in [6, 6.07) is 0.978. The van der Waals surface area contributed by atoms with Crippen LogP contribution >= 0.6 is 15.9 Å². The van der Waals surface area contributed by atoms with Crippen molar-refractivity contribution in [2.45, 2.75) is 38.6 Å². The van der Waals surface area contributed by atoms with Crippen LogP contribution in [0.25, 0.3) is 0 Å². The molecule has 1 aromatic heterocycles. The van der Waals surface area contributed by atoms with Crippen molar-refractivity contribution in [1.29, 1.82) is 0 Å². The van der Waals surface area contributed by atoms with Crippen LogP contribution in [0.3, 0.4) is 0 Å². The number of imidazole rings is 1. The third-order valence-electron chi connectivity index (χ3n) is 2.27. The first-order valence-corrected chi connectivity index (χ1v) is 9.97. The second kappa shape index (κ2) is 5.75. The highest BCUT2D eigenvalue weighted by Crippen LogP contribution is 2.33. The molecule has 0 aromatic carbocycles. The summed E-state index contributed by atoms with van der Waals surface area (Å²) in [6.07, 6.45) is -3.32. The van der Waals surface area contributed by atoms with Crippen molar-refractivity contribution < 1.29 is 17.9 Å². The molecule has 0 aliphatic carbocycles. The largest absolute Gasteiger partial charge is 0.436 e. The minimum Gasteiger partial charge on any atom is -0.361 e. The average Bonchev–Trinajstić information content (AvgIpc) is 2.53. The summed E-state index contributed by atoms with van der Waals surface area (Å²) in [5.41, 5.74) is -0.920. The maximum absolute atomic E-state index is 12.5. The first-order chi connectivity index (χ1) is 8.11. The van der Waals surface area contributed by atoms with Crippen molar-refractivity contribution in [1.82, 2.24) is 9.55 Å². The summed E-state index contributed by atoms with van der Waals surface area (Å²) in [5.74, 6) is 0. The standard InChI is InChI=1S/C10H16BrF3N2OSi/c1-18(2,3)5-4-17-7-16-6-15-8(9(16)11)10(12,13)14/h6H,4-5,7H2,1-3H3. The van der Waals surface area contributed by atoms with Crippen LogP contribution in [0.5, 0.6) is 0 Å². The van der Waals surface area contributed by atoms with Gasteiger partial charge in [0.05, 0.1) is 6.33 Å². The van der Waals surface area contributed by atoms with E-state index in [1.807, 2.05) is 0 Å². The fraction of sp³-hybridized carbons (Fsp3) is 0.700. The minimum atomic E-state index is -4.44. The molecule has 0 saturated heterocycles. The predicted molar refractivity (Wildman–Crippen MR) is 69.0 cm³/mol. The Morgan fingerprint density at radius 2 is 2.00 bits per heavy atom. The molecule has 0 spiro atoms. The lowest BCUT2D eigenvalue weighted by Crippen LogP contribution is -2.22. The van der Waals surface area contributed by atoms with Crippen molar-refractivity contribution in [3.05, 3.63) is 16.6 Å². The van der Waals surface area contributed by atoms with Crippen LogP contribution in [0.4, 0.5) is 13.2 Å². The number of nitrogens with zero attached hydrogens (tertiary/aromatic N) is 2. The van der Waals surface area contributed by atoms with Crippen LogP contribution in [0, 0.1) is 0 Å². The van der Waals surface area contributed by atoms with E-state index in [9.17, 15) is 13.2 Å². The van der Waals surface area contributed by atoms with Gasteiger partial charge in [-0.2, -0.15) is 13.2 Å². The number of rotatable bonds is 5. The number of ether oxygens (including phenoxy) is 1. The van der Waals surface area contributed by atoms with Gasteiger partial charge < -0.3 is 9.30 Å². The zero-order valence-electron chi connectivity index (χ0n) is 10.5. The number of hydrogen-bond acceptors (Lipinski definition) is 2. The Kier molecular flexibility index (Phi) is 5.02. The molecule has 0 aliphatic rings. The molecule has 0 unspecified atom stereocenters. The molecule has 18 heavy (non-hydrogen) atoms. The fourth-order valence-corrected chi connectivity index (χ4v) is 2.47. The lowest BCUT2D eigenvalue weighted by atomic mass is 10.5. The number of alkyl halides is 3. The lowest BCUT2D eigenvalue weighted by molar-refractivity contribution is -0.141. The number of hydrogen-bond donors (Lipinski definition) is 0. The average molecular weight is 345 g/mol. The van der Waals surface area contributed by atoms with Crippen LogP contribution in [0.2, 0.25) is 25.7 Å². The third-order valence-corrected chi connectivity index (χ3v) is 4.80. The molecule has 0 aliphatic heterocycles. The van der Waals surface area contributed by atoms with Crippen molar-refractivity contribution in [2.24, 2.45) is 0 Å². The van der Waals surface area contributed by atoms with Gasteiger partial charge in [0.15, 0.2) is 5.69 Å². The van der Waals surface area contributed by atoms with Gasteiger partial charge in [0.1, 0.15) is 11.3 Å². The second-order valence-corrected chi connectivity index (χ2v) is 11.6. The summed E-state index contributed by atoms with van der Waals surface area (Å²) in [7, 11) is -1.18. The van der Waals surface area contributed by atoms with E-state index in [4.69, 9.17) is 4.74 Å². The number of halogens is 4. The summed E-state index contributed by atoms with van der Waals surface area (Å²) in [6.45, 7) is 7.28. The van der Waals surface area contributed by atoms with E-state index >= 15 is 0 Å². The second-order valence-electron chi connectivity index (χ2n) is 5.20. The van der Waals surface area contributed by atoms with Gasteiger partial charge in [-0.1, -0.05) is 19.6 Å². The van der Waals surface area contributed by atoms with Gasteiger partial charge in [-0.15, -0.1) is 0 Å². The Balaban J connectivity index is 2.52. The summed E-state index contributed by atoms with van der Waals surface area (Å²) in [4.78, 5) is 3.33. The monoisotopic (exact) mass is 344 g/mol. The zero-order chi connectivity index (χ0) is 14.0. The highest BCUT2D eigenvalue weighted by molar-refractivity contribution is 9.10. The van der Waals surface area contributed by atoms with Gasteiger partial charge in [-0.25, -0.2) is 4.98 Å². The van der Waals surface area contributed by atoms with Crippen molar-refractivity contribution in [3.8, 4) is 0 Å². The Morgan fingerprint density at radius 1 is 1.39 bits per heavy atom.